The third-order valence-electron chi connectivity index (χ3n) is 6.53. The Labute approximate surface area is 221 Å². The summed E-state index contributed by atoms with van der Waals surface area (Å²) in [5.41, 5.74) is 3.19. The molecule has 2 aliphatic carbocycles. The molecule has 8 nitrogen and oxygen atoms in total. The third kappa shape index (κ3) is 8.75. The van der Waals surface area contributed by atoms with Crippen LogP contribution in [0, 0.1) is 0 Å². The number of aromatic amines is 1. The maximum Gasteiger partial charge on any atom is 0.389 e. The summed E-state index contributed by atoms with van der Waals surface area (Å²) in [5, 5.41) is 9.16. The van der Waals surface area contributed by atoms with Gasteiger partial charge in [-0.1, -0.05) is 17.6 Å². The van der Waals surface area contributed by atoms with Crippen LogP contribution in [0.5, 0.6) is 0 Å². The summed E-state index contributed by atoms with van der Waals surface area (Å²) in [6.07, 6.45) is -0.0973. The van der Waals surface area contributed by atoms with Crippen molar-refractivity contribution < 1.29 is 36.1 Å². The third-order valence-corrected chi connectivity index (χ3v) is 6.53. The molecule has 0 atom stereocenters. The van der Waals surface area contributed by atoms with Crippen molar-refractivity contribution in [2.75, 3.05) is 0 Å². The summed E-state index contributed by atoms with van der Waals surface area (Å²) in [7, 11) is 0. The first-order valence-electron chi connectivity index (χ1n) is 12.9. The van der Waals surface area contributed by atoms with E-state index in [9.17, 15) is 31.5 Å². The topological polar surface area (TPSA) is 113 Å². The van der Waals surface area contributed by atoms with Gasteiger partial charge in [-0.25, -0.2) is 13.8 Å². The van der Waals surface area contributed by atoms with E-state index in [1.54, 1.807) is 18.2 Å². The van der Waals surface area contributed by atoms with Gasteiger partial charge >= 0.3 is 6.18 Å². The molecule has 0 aliphatic heterocycles. The van der Waals surface area contributed by atoms with E-state index in [1.165, 1.54) is 6.26 Å². The van der Waals surface area contributed by atoms with Gasteiger partial charge in [0.1, 0.15) is 17.7 Å². The number of hydrogen-bond donors (Lipinski definition) is 3. The highest BCUT2D eigenvalue weighted by molar-refractivity contribution is 5.95. The van der Waals surface area contributed by atoms with Crippen LogP contribution in [0.1, 0.15) is 91.1 Å². The van der Waals surface area contributed by atoms with Crippen molar-refractivity contribution in [2.24, 2.45) is 0 Å². The minimum absolute atomic E-state index is 0.106. The van der Waals surface area contributed by atoms with Gasteiger partial charge in [0, 0.05) is 31.7 Å². The number of halogens is 5. The van der Waals surface area contributed by atoms with Crippen LogP contribution in [0.3, 0.4) is 0 Å². The lowest BCUT2D eigenvalue weighted by Crippen LogP contribution is -2.24. The Bertz CT molecular complexity index is 1270. The summed E-state index contributed by atoms with van der Waals surface area (Å²) in [6.45, 7) is 0.279. The van der Waals surface area contributed by atoms with Crippen LogP contribution >= 0.6 is 0 Å². The molecule has 1 aromatic carbocycles. The van der Waals surface area contributed by atoms with Crippen molar-refractivity contribution >= 4 is 22.8 Å². The molecule has 0 saturated heterocycles. The van der Waals surface area contributed by atoms with Crippen LogP contribution in [0.25, 0.3) is 11.0 Å². The van der Waals surface area contributed by atoms with Gasteiger partial charge in [-0.3, -0.25) is 9.59 Å². The van der Waals surface area contributed by atoms with Crippen LogP contribution in [0.15, 0.2) is 29.0 Å². The highest BCUT2D eigenvalue weighted by atomic mass is 19.4. The highest BCUT2D eigenvalue weighted by Gasteiger charge is 2.32. The number of rotatable bonds is 8. The Kier molecular flexibility index (Phi) is 8.86. The van der Waals surface area contributed by atoms with E-state index in [0.29, 0.717) is 46.5 Å². The van der Waals surface area contributed by atoms with Crippen LogP contribution in [-0.2, 0) is 17.9 Å². The molecule has 2 aliphatic rings. The number of benzene rings is 1. The average Bonchev–Trinajstić information content (AvgIpc) is 3.45. The average molecular weight is 556 g/mol. The van der Waals surface area contributed by atoms with Crippen molar-refractivity contribution in [2.45, 2.75) is 88.9 Å². The zero-order valence-corrected chi connectivity index (χ0v) is 21.2. The van der Waals surface area contributed by atoms with Gasteiger partial charge in [-0.05, 0) is 43.4 Å². The summed E-state index contributed by atoms with van der Waals surface area (Å²) in [4.78, 5) is 31.5. The minimum atomic E-state index is -4.36. The molecule has 0 radical (unpaired) electrons. The van der Waals surface area contributed by atoms with E-state index in [1.807, 2.05) is 0 Å². The SMILES string of the molecule is FC1(F)CCCCC1.O=C(CCC(F)(F)F)NCc1ccc2nc(CNC(=O)c3conc3C3CC3)[nH]c2c1. The molecule has 2 fully saturated rings. The number of H-pyrrole nitrogens is 1. The van der Waals surface area contributed by atoms with Crippen LogP contribution in [0.4, 0.5) is 22.0 Å². The second-order valence-electron chi connectivity index (χ2n) is 9.91. The molecule has 3 N–H and O–H groups in total. The van der Waals surface area contributed by atoms with Crippen LogP contribution < -0.4 is 10.6 Å². The van der Waals surface area contributed by atoms with Gasteiger partial charge in [0.25, 0.3) is 5.91 Å². The maximum absolute atomic E-state index is 12.4. The molecule has 3 aromatic rings. The molecule has 2 aromatic heterocycles. The van der Waals surface area contributed by atoms with E-state index >= 15 is 0 Å². The Hall–Kier alpha value is -3.51. The maximum atomic E-state index is 12.4. The Balaban J connectivity index is 0.000000379. The van der Waals surface area contributed by atoms with Gasteiger partial charge in [0.05, 0.1) is 29.7 Å². The molecular formula is C26H30F5N5O3. The molecule has 0 spiro atoms. The lowest BCUT2D eigenvalue weighted by atomic mass is 9.97. The summed E-state index contributed by atoms with van der Waals surface area (Å²) in [5.74, 6) is -2.44. The molecule has 2 saturated carbocycles. The second kappa shape index (κ2) is 12.1. The number of alkyl halides is 5. The predicted molar refractivity (Wildman–Crippen MR) is 131 cm³/mol. The largest absolute Gasteiger partial charge is 0.389 e. The molecule has 13 heteroatoms. The fourth-order valence-corrected chi connectivity index (χ4v) is 4.24. The normalized spacial score (nSPS) is 16.8. The monoisotopic (exact) mass is 555 g/mol. The lowest BCUT2D eigenvalue weighted by molar-refractivity contribution is -0.144. The fourth-order valence-electron chi connectivity index (χ4n) is 4.24. The van der Waals surface area contributed by atoms with Gasteiger partial charge in [0.15, 0.2) is 0 Å². The van der Waals surface area contributed by atoms with Crippen molar-refractivity contribution in [3.8, 4) is 0 Å². The van der Waals surface area contributed by atoms with E-state index in [0.717, 1.165) is 19.3 Å². The van der Waals surface area contributed by atoms with E-state index in [-0.39, 0.29) is 37.8 Å². The van der Waals surface area contributed by atoms with Crippen molar-refractivity contribution in [3.05, 3.63) is 47.1 Å². The highest BCUT2D eigenvalue weighted by Crippen LogP contribution is 2.40. The summed E-state index contributed by atoms with van der Waals surface area (Å²) >= 11 is 0. The molecule has 0 bridgehead atoms. The van der Waals surface area contributed by atoms with Gasteiger partial charge in [-0.2, -0.15) is 13.2 Å². The van der Waals surface area contributed by atoms with E-state index < -0.39 is 30.8 Å². The Morgan fingerprint density at radius 1 is 1.08 bits per heavy atom. The molecule has 5 rings (SSSR count). The lowest BCUT2D eigenvalue weighted by Gasteiger charge is -2.20. The smallest absolute Gasteiger partial charge is 0.364 e. The zero-order valence-electron chi connectivity index (χ0n) is 21.2. The Morgan fingerprint density at radius 2 is 1.82 bits per heavy atom. The van der Waals surface area contributed by atoms with Gasteiger partial charge in [-0.15, -0.1) is 0 Å². The molecule has 2 amide bonds. The zero-order chi connectivity index (χ0) is 28.0. The number of fused-ring (bicyclic) bond motifs is 1. The first-order valence-corrected chi connectivity index (χ1v) is 12.9. The quantitative estimate of drug-likeness (QED) is 0.300. The number of imidazole rings is 1. The van der Waals surface area contributed by atoms with Gasteiger partial charge < -0.3 is 20.1 Å². The van der Waals surface area contributed by atoms with Crippen LogP contribution in [-0.4, -0.2) is 39.0 Å². The summed E-state index contributed by atoms with van der Waals surface area (Å²) < 4.78 is 65.9. The molecule has 39 heavy (non-hydrogen) atoms. The number of nitrogens with one attached hydrogen (secondary N) is 3. The van der Waals surface area contributed by atoms with Crippen molar-refractivity contribution in [1.29, 1.82) is 0 Å². The standard InChI is InChI=1S/C20H20F3N5O3.C6H10F2/c21-20(22,23)6-5-17(29)24-8-11-1-4-14-15(7-11)27-16(26-14)9-25-19(30)13-10-31-28-18(13)12-2-3-12;7-6(8)4-2-1-3-5-6/h1,4,7,10,12H,2-3,5-6,8-9H2,(H,24,29)(H,25,30)(H,26,27);1-5H2. The second-order valence-corrected chi connectivity index (χ2v) is 9.91. The fraction of sp³-hybridized carbons (Fsp3) is 0.538. The number of carbonyl (C=O) groups is 2. The number of aromatic nitrogens is 3. The van der Waals surface area contributed by atoms with Gasteiger partial charge in [0.2, 0.25) is 11.8 Å². The molecular weight excluding hydrogens is 525 g/mol. The summed E-state index contributed by atoms with van der Waals surface area (Å²) in [6, 6.07) is 5.22. The van der Waals surface area contributed by atoms with Crippen molar-refractivity contribution in [1.82, 2.24) is 25.8 Å². The van der Waals surface area contributed by atoms with E-state index in [4.69, 9.17) is 4.52 Å². The molecule has 0 unspecified atom stereocenters. The van der Waals surface area contributed by atoms with E-state index in [2.05, 4.69) is 25.8 Å². The molecule has 2 heterocycles. The number of nitrogens with zero attached hydrogens (tertiary/aromatic N) is 2. The molecule has 212 valence electrons. The minimum Gasteiger partial charge on any atom is -0.364 e. The number of carbonyl (C=O) groups excluding carboxylic acids is 2. The first-order chi connectivity index (χ1) is 18.5. The van der Waals surface area contributed by atoms with Crippen LogP contribution in [0.2, 0.25) is 0 Å². The Morgan fingerprint density at radius 3 is 2.46 bits per heavy atom. The number of amides is 2. The predicted octanol–water partition coefficient (Wildman–Crippen LogP) is 5.90. The first kappa shape index (κ1) is 28.5. The number of hydrogen-bond acceptors (Lipinski definition) is 5. The van der Waals surface area contributed by atoms with Crippen molar-refractivity contribution in [3.63, 3.8) is 0 Å².